The number of H-pyrrole nitrogens is 1. The molecule has 0 unspecified atom stereocenters. The van der Waals surface area contributed by atoms with Gasteiger partial charge >= 0.3 is 0 Å². The molecule has 2 heterocycles. The lowest BCUT2D eigenvalue weighted by Gasteiger charge is -2.05. The molecular formula is C9H9N3O2. The molecule has 0 bridgehead atoms. The number of pyridine rings is 1. The first-order chi connectivity index (χ1) is 6.86. The van der Waals surface area contributed by atoms with Crippen LogP contribution in [0.5, 0.6) is 5.75 Å². The molecule has 0 amide bonds. The van der Waals surface area contributed by atoms with Crippen LogP contribution in [0.15, 0.2) is 12.4 Å². The smallest absolute Gasteiger partial charge is 0.158 e. The Balaban J connectivity index is 2.68. The van der Waals surface area contributed by atoms with Crippen LogP contribution in [0.1, 0.15) is 17.3 Å². The summed E-state index contributed by atoms with van der Waals surface area (Å²) >= 11 is 0. The number of hydrogen-bond donors (Lipinski definition) is 1. The predicted molar refractivity (Wildman–Crippen MR) is 50.4 cm³/mol. The molecule has 2 aromatic heterocycles. The van der Waals surface area contributed by atoms with Gasteiger partial charge in [-0.25, -0.2) is 4.98 Å². The van der Waals surface area contributed by atoms with E-state index in [2.05, 4.69) is 15.2 Å². The highest BCUT2D eigenvalue weighted by Crippen LogP contribution is 2.25. The molecule has 0 aromatic carbocycles. The third kappa shape index (κ3) is 1.22. The molecule has 0 saturated heterocycles. The van der Waals surface area contributed by atoms with Gasteiger partial charge in [0, 0.05) is 6.20 Å². The Bertz CT molecular complexity index is 464. The Morgan fingerprint density at radius 1 is 1.57 bits per heavy atom. The second kappa shape index (κ2) is 3.45. The molecule has 0 aliphatic rings. The number of nitrogens with one attached hydrogen (secondary N) is 1. The monoisotopic (exact) mass is 191 g/mol. The van der Waals surface area contributed by atoms with Crippen LogP contribution in [0.4, 0.5) is 0 Å². The molecule has 5 nitrogen and oxygen atoms in total. The topological polar surface area (TPSA) is 67.9 Å². The summed E-state index contributed by atoms with van der Waals surface area (Å²) in [4.78, 5) is 14.7. The fourth-order valence-corrected chi connectivity index (χ4v) is 1.28. The van der Waals surface area contributed by atoms with Crippen molar-refractivity contribution >= 4 is 17.3 Å². The van der Waals surface area contributed by atoms with Crippen molar-refractivity contribution in [2.45, 2.75) is 6.92 Å². The first-order valence-electron chi connectivity index (χ1n) is 4.27. The van der Waals surface area contributed by atoms with Crippen LogP contribution in [-0.2, 0) is 0 Å². The van der Waals surface area contributed by atoms with E-state index in [1.54, 1.807) is 6.20 Å². The molecule has 0 spiro atoms. The summed E-state index contributed by atoms with van der Waals surface area (Å²) in [6, 6.07) is 0. The van der Waals surface area contributed by atoms with E-state index in [1.807, 2.05) is 6.92 Å². The van der Waals surface area contributed by atoms with Crippen molar-refractivity contribution < 1.29 is 9.53 Å². The Morgan fingerprint density at radius 2 is 2.43 bits per heavy atom. The minimum absolute atomic E-state index is 0.445. The summed E-state index contributed by atoms with van der Waals surface area (Å²) in [7, 11) is 0. The molecule has 1 N–H and O–H groups in total. The van der Waals surface area contributed by atoms with Crippen molar-refractivity contribution in [1.29, 1.82) is 0 Å². The van der Waals surface area contributed by atoms with E-state index in [0.29, 0.717) is 23.6 Å². The van der Waals surface area contributed by atoms with Gasteiger partial charge in [-0.3, -0.25) is 9.89 Å². The van der Waals surface area contributed by atoms with Gasteiger partial charge in [-0.1, -0.05) is 0 Å². The van der Waals surface area contributed by atoms with Gasteiger partial charge in [-0.2, -0.15) is 5.10 Å². The van der Waals surface area contributed by atoms with Crippen LogP contribution in [0.25, 0.3) is 11.0 Å². The van der Waals surface area contributed by atoms with Crippen LogP contribution in [0.3, 0.4) is 0 Å². The van der Waals surface area contributed by atoms with Gasteiger partial charge in [0.15, 0.2) is 11.9 Å². The fourth-order valence-electron chi connectivity index (χ4n) is 1.28. The van der Waals surface area contributed by atoms with E-state index in [9.17, 15) is 4.79 Å². The highest BCUT2D eigenvalue weighted by atomic mass is 16.5. The summed E-state index contributed by atoms with van der Waals surface area (Å²) in [5, 5.41) is 7.28. The minimum atomic E-state index is 0.445. The Hall–Kier alpha value is -1.91. The van der Waals surface area contributed by atoms with Gasteiger partial charge in [-0.05, 0) is 6.92 Å². The van der Waals surface area contributed by atoms with Crippen molar-refractivity contribution in [2.24, 2.45) is 0 Å². The number of carbonyl (C=O) groups is 1. The van der Waals surface area contributed by atoms with Gasteiger partial charge < -0.3 is 4.74 Å². The highest BCUT2D eigenvalue weighted by Gasteiger charge is 2.10. The maximum atomic E-state index is 10.7. The Kier molecular flexibility index (Phi) is 2.14. The normalized spacial score (nSPS) is 10.4. The number of fused-ring (bicyclic) bond motifs is 1. The van der Waals surface area contributed by atoms with Crippen molar-refractivity contribution in [3.8, 4) is 5.75 Å². The number of hydrogen-bond acceptors (Lipinski definition) is 4. The van der Waals surface area contributed by atoms with Crippen LogP contribution >= 0.6 is 0 Å². The maximum absolute atomic E-state index is 10.7. The fraction of sp³-hybridized carbons (Fsp3) is 0.222. The Labute approximate surface area is 80.1 Å². The number of aldehydes is 1. The number of ether oxygens (including phenoxy) is 1. The van der Waals surface area contributed by atoms with Gasteiger partial charge in [0.2, 0.25) is 0 Å². The SMILES string of the molecule is CCOc1c(C=O)cnc2[nH]ncc12. The third-order valence-corrected chi connectivity index (χ3v) is 1.87. The van der Waals surface area contributed by atoms with Gasteiger partial charge in [0.25, 0.3) is 0 Å². The summed E-state index contributed by atoms with van der Waals surface area (Å²) < 4.78 is 5.37. The molecule has 0 atom stereocenters. The largest absolute Gasteiger partial charge is 0.492 e. The zero-order chi connectivity index (χ0) is 9.97. The highest BCUT2D eigenvalue weighted by molar-refractivity contribution is 5.91. The van der Waals surface area contributed by atoms with E-state index in [0.717, 1.165) is 11.7 Å². The van der Waals surface area contributed by atoms with Gasteiger partial charge in [0.05, 0.1) is 23.8 Å². The molecule has 0 radical (unpaired) electrons. The molecule has 0 aliphatic carbocycles. The summed E-state index contributed by atoms with van der Waals surface area (Å²) in [6.45, 7) is 2.37. The third-order valence-electron chi connectivity index (χ3n) is 1.87. The van der Waals surface area contributed by atoms with Crippen molar-refractivity contribution in [1.82, 2.24) is 15.2 Å². The quantitative estimate of drug-likeness (QED) is 0.739. The zero-order valence-corrected chi connectivity index (χ0v) is 7.65. The number of aromatic amines is 1. The number of aromatic nitrogens is 3. The van der Waals surface area contributed by atoms with Crippen LogP contribution < -0.4 is 4.74 Å². The van der Waals surface area contributed by atoms with Crippen LogP contribution in [0.2, 0.25) is 0 Å². The van der Waals surface area contributed by atoms with Crippen molar-refractivity contribution in [3.63, 3.8) is 0 Å². The number of rotatable bonds is 3. The summed E-state index contributed by atoms with van der Waals surface area (Å²) in [6.07, 6.45) is 3.79. The average Bonchev–Trinajstić information content (AvgIpc) is 2.67. The lowest BCUT2D eigenvalue weighted by atomic mass is 10.2. The van der Waals surface area contributed by atoms with Gasteiger partial charge in [-0.15, -0.1) is 0 Å². The summed E-state index contributed by atoms with van der Waals surface area (Å²) in [5.41, 5.74) is 1.07. The van der Waals surface area contributed by atoms with Gasteiger partial charge in [0.1, 0.15) is 5.75 Å². The molecule has 2 rings (SSSR count). The first kappa shape index (κ1) is 8.68. The molecule has 5 heteroatoms. The molecule has 0 fully saturated rings. The predicted octanol–water partition coefficient (Wildman–Crippen LogP) is 1.17. The van der Waals surface area contributed by atoms with E-state index in [1.165, 1.54) is 6.20 Å². The molecule has 0 saturated carbocycles. The van der Waals surface area contributed by atoms with Crippen LogP contribution in [-0.4, -0.2) is 28.1 Å². The standard InChI is InChI=1S/C9H9N3O2/c1-2-14-8-6(5-13)3-10-9-7(8)4-11-12-9/h3-5H,2H2,1H3,(H,10,11,12). The number of carbonyl (C=O) groups excluding carboxylic acids is 1. The first-order valence-corrected chi connectivity index (χ1v) is 4.27. The van der Waals surface area contributed by atoms with Crippen molar-refractivity contribution in [2.75, 3.05) is 6.61 Å². The van der Waals surface area contributed by atoms with E-state index < -0.39 is 0 Å². The molecular weight excluding hydrogens is 182 g/mol. The second-order valence-electron chi connectivity index (χ2n) is 2.73. The summed E-state index contributed by atoms with van der Waals surface area (Å²) in [5.74, 6) is 0.543. The molecule has 72 valence electrons. The van der Waals surface area contributed by atoms with E-state index in [-0.39, 0.29) is 0 Å². The van der Waals surface area contributed by atoms with Crippen LogP contribution in [0, 0.1) is 0 Å². The molecule has 14 heavy (non-hydrogen) atoms. The van der Waals surface area contributed by atoms with Crippen molar-refractivity contribution in [3.05, 3.63) is 18.0 Å². The zero-order valence-electron chi connectivity index (χ0n) is 7.65. The maximum Gasteiger partial charge on any atom is 0.158 e. The average molecular weight is 191 g/mol. The number of nitrogens with zero attached hydrogens (tertiary/aromatic N) is 2. The molecule has 2 aromatic rings. The van der Waals surface area contributed by atoms with E-state index in [4.69, 9.17) is 4.74 Å². The minimum Gasteiger partial charge on any atom is -0.492 e. The lowest BCUT2D eigenvalue weighted by Crippen LogP contribution is -1.97. The second-order valence-corrected chi connectivity index (χ2v) is 2.73. The lowest BCUT2D eigenvalue weighted by molar-refractivity contribution is 0.112. The Morgan fingerprint density at radius 3 is 3.14 bits per heavy atom. The molecule has 0 aliphatic heterocycles. The van der Waals surface area contributed by atoms with E-state index >= 15 is 0 Å².